The van der Waals surface area contributed by atoms with E-state index < -0.39 is 10.9 Å². The van der Waals surface area contributed by atoms with Crippen molar-refractivity contribution in [3.8, 4) is 6.07 Å². The number of hydrogen-bond acceptors (Lipinski definition) is 4. The Hall–Kier alpha value is -2.36. The van der Waals surface area contributed by atoms with Crippen LogP contribution in [0, 0.1) is 21.4 Å². The highest BCUT2D eigenvalue weighted by atomic mass is 16.6. The number of hydrogen-bond donors (Lipinski definition) is 1. The van der Waals surface area contributed by atoms with Gasteiger partial charge in [-0.2, -0.15) is 5.26 Å². The third kappa shape index (κ3) is 3.31. The molecule has 0 aromatic carbocycles. The van der Waals surface area contributed by atoms with Crippen LogP contribution in [0.5, 0.6) is 0 Å². The maximum absolute atomic E-state index is 10.9. The van der Waals surface area contributed by atoms with E-state index in [2.05, 4.69) is 0 Å². The second kappa shape index (κ2) is 5.65. The highest BCUT2D eigenvalue weighted by molar-refractivity contribution is 5.86. The molecule has 1 rings (SSSR count). The van der Waals surface area contributed by atoms with E-state index in [1.807, 2.05) is 6.07 Å². The molecule has 0 unspecified atom stereocenters. The van der Waals surface area contributed by atoms with Gasteiger partial charge in [-0.05, 0) is 12.8 Å². The molecule has 90 valence electrons. The van der Waals surface area contributed by atoms with E-state index in [-0.39, 0.29) is 11.4 Å². The first-order chi connectivity index (χ1) is 8.06. The number of nitriles is 1. The molecule has 0 bridgehead atoms. The van der Waals surface area contributed by atoms with Crippen molar-refractivity contribution in [3.05, 3.63) is 28.1 Å². The van der Waals surface area contributed by atoms with Gasteiger partial charge in [0, 0.05) is 19.0 Å². The van der Waals surface area contributed by atoms with Crippen LogP contribution in [-0.4, -0.2) is 20.6 Å². The fourth-order valence-electron chi connectivity index (χ4n) is 1.45. The maximum atomic E-state index is 10.9. The quantitative estimate of drug-likeness (QED) is 0.460. The molecule has 0 fully saturated rings. The normalized spacial score (nSPS) is 9.82. The van der Waals surface area contributed by atoms with Crippen LogP contribution in [0.25, 0.3) is 0 Å². The lowest BCUT2D eigenvalue weighted by atomic mass is 10.2. The molecule has 1 aromatic rings. The van der Waals surface area contributed by atoms with Crippen molar-refractivity contribution in [2.45, 2.75) is 25.8 Å². The molecule has 17 heavy (non-hydrogen) atoms. The Kier molecular flexibility index (Phi) is 4.22. The second-order valence-corrected chi connectivity index (χ2v) is 3.45. The van der Waals surface area contributed by atoms with Crippen molar-refractivity contribution < 1.29 is 14.8 Å². The maximum Gasteiger partial charge on any atom is 0.352 e. The number of rotatable bonds is 6. The van der Waals surface area contributed by atoms with E-state index in [0.717, 1.165) is 6.07 Å². The summed E-state index contributed by atoms with van der Waals surface area (Å²) in [7, 11) is 0. The summed E-state index contributed by atoms with van der Waals surface area (Å²) in [6, 6.07) is 3.02. The van der Waals surface area contributed by atoms with E-state index in [9.17, 15) is 14.9 Å². The van der Waals surface area contributed by atoms with Crippen LogP contribution in [0.2, 0.25) is 0 Å². The number of unbranched alkanes of at least 4 members (excludes halogenated alkanes) is 2. The number of nitro groups is 1. The minimum Gasteiger partial charge on any atom is -0.477 e. The molecule has 0 amide bonds. The van der Waals surface area contributed by atoms with Gasteiger partial charge in [0.05, 0.1) is 17.2 Å². The number of aryl methyl sites for hydroxylation is 1. The zero-order valence-corrected chi connectivity index (χ0v) is 9.00. The Bertz CT molecular complexity index is 472. The zero-order chi connectivity index (χ0) is 12.8. The number of carbonyl (C=O) groups is 1. The SMILES string of the molecule is N#CCCCCn1cc([N+](=O)[O-])cc1C(=O)O. The summed E-state index contributed by atoms with van der Waals surface area (Å²) in [6.07, 6.45) is 2.85. The highest BCUT2D eigenvalue weighted by Gasteiger charge is 2.18. The van der Waals surface area contributed by atoms with Crippen molar-refractivity contribution in [3.63, 3.8) is 0 Å². The highest BCUT2D eigenvalue weighted by Crippen LogP contribution is 2.17. The van der Waals surface area contributed by atoms with Crippen LogP contribution >= 0.6 is 0 Å². The molecule has 7 nitrogen and oxygen atoms in total. The average molecular weight is 237 g/mol. The largest absolute Gasteiger partial charge is 0.477 e. The molecule has 0 aliphatic carbocycles. The topological polar surface area (TPSA) is 109 Å². The number of nitrogens with zero attached hydrogens (tertiary/aromatic N) is 3. The van der Waals surface area contributed by atoms with Gasteiger partial charge in [-0.1, -0.05) is 0 Å². The summed E-state index contributed by atoms with van der Waals surface area (Å²) in [4.78, 5) is 20.7. The molecule has 0 atom stereocenters. The third-order valence-electron chi connectivity index (χ3n) is 2.25. The Morgan fingerprint density at radius 1 is 1.59 bits per heavy atom. The molecule has 0 aliphatic heterocycles. The van der Waals surface area contributed by atoms with Gasteiger partial charge < -0.3 is 9.67 Å². The first-order valence-corrected chi connectivity index (χ1v) is 5.01. The van der Waals surface area contributed by atoms with Crippen LogP contribution in [0.1, 0.15) is 29.8 Å². The molecule has 7 heteroatoms. The standard InChI is InChI=1S/C10H11N3O4/c11-4-2-1-3-5-12-7-8(13(16)17)6-9(12)10(14)15/h6-7H,1-3,5H2,(H,14,15). The molecular formula is C10H11N3O4. The molecular weight excluding hydrogens is 226 g/mol. The van der Waals surface area contributed by atoms with E-state index in [4.69, 9.17) is 10.4 Å². The summed E-state index contributed by atoms with van der Waals surface area (Å²) in [5.41, 5.74) is -0.337. The van der Waals surface area contributed by atoms with Crippen molar-refractivity contribution in [2.24, 2.45) is 0 Å². The second-order valence-electron chi connectivity index (χ2n) is 3.45. The van der Waals surface area contributed by atoms with E-state index in [1.54, 1.807) is 0 Å². The summed E-state index contributed by atoms with van der Waals surface area (Å²) in [6.45, 7) is 0.358. The van der Waals surface area contributed by atoms with Crippen LogP contribution < -0.4 is 0 Å². The minimum absolute atomic E-state index is 0.103. The third-order valence-corrected chi connectivity index (χ3v) is 2.25. The van der Waals surface area contributed by atoms with E-state index >= 15 is 0 Å². The van der Waals surface area contributed by atoms with Gasteiger partial charge in [0.2, 0.25) is 0 Å². The van der Waals surface area contributed by atoms with Crippen molar-refractivity contribution in [2.75, 3.05) is 0 Å². The van der Waals surface area contributed by atoms with Crippen LogP contribution in [0.4, 0.5) is 5.69 Å². The van der Waals surface area contributed by atoms with E-state index in [1.165, 1.54) is 10.8 Å². The Labute approximate surface area is 97.0 Å². The lowest BCUT2D eigenvalue weighted by Gasteiger charge is -2.03. The molecule has 1 N–H and O–H groups in total. The summed E-state index contributed by atoms with van der Waals surface area (Å²) in [5, 5.41) is 27.7. The van der Waals surface area contributed by atoms with Gasteiger partial charge in [-0.25, -0.2) is 4.79 Å². The number of aromatic nitrogens is 1. The Balaban J connectivity index is 2.79. The van der Waals surface area contributed by atoms with Gasteiger partial charge in [0.1, 0.15) is 5.69 Å². The smallest absolute Gasteiger partial charge is 0.352 e. The van der Waals surface area contributed by atoms with Gasteiger partial charge in [-0.3, -0.25) is 10.1 Å². The van der Waals surface area contributed by atoms with E-state index in [0.29, 0.717) is 25.8 Å². The van der Waals surface area contributed by atoms with Crippen molar-refractivity contribution in [1.29, 1.82) is 5.26 Å². The summed E-state index contributed by atoms with van der Waals surface area (Å²) >= 11 is 0. The van der Waals surface area contributed by atoms with Crippen LogP contribution in [0.15, 0.2) is 12.3 Å². The van der Waals surface area contributed by atoms with Gasteiger partial charge in [0.15, 0.2) is 0 Å². The molecule has 0 saturated carbocycles. The summed E-state index contributed by atoms with van der Waals surface area (Å²) < 4.78 is 1.33. The Morgan fingerprint density at radius 3 is 2.82 bits per heavy atom. The molecule has 1 aromatic heterocycles. The van der Waals surface area contributed by atoms with Crippen LogP contribution in [-0.2, 0) is 6.54 Å². The fraction of sp³-hybridized carbons (Fsp3) is 0.400. The first kappa shape index (κ1) is 12.7. The van der Waals surface area contributed by atoms with Gasteiger partial charge >= 0.3 is 5.97 Å². The number of carboxylic acid groups (broad SMARTS) is 1. The molecule has 1 heterocycles. The lowest BCUT2D eigenvalue weighted by Crippen LogP contribution is -2.07. The zero-order valence-electron chi connectivity index (χ0n) is 9.00. The van der Waals surface area contributed by atoms with Gasteiger partial charge in [-0.15, -0.1) is 0 Å². The first-order valence-electron chi connectivity index (χ1n) is 5.01. The average Bonchev–Trinajstić information content (AvgIpc) is 2.68. The molecule has 0 saturated heterocycles. The molecule has 0 aliphatic rings. The van der Waals surface area contributed by atoms with Crippen molar-refractivity contribution >= 4 is 11.7 Å². The molecule has 0 spiro atoms. The molecule has 0 radical (unpaired) electrons. The van der Waals surface area contributed by atoms with Crippen LogP contribution in [0.3, 0.4) is 0 Å². The van der Waals surface area contributed by atoms with Gasteiger partial charge in [0.25, 0.3) is 5.69 Å². The fourth-order valence-corrected chi connectivity index (χ4v) is 1.45. The lowest BCUT2D eigenvalue weighted by molar-refractivity contribution is -0.384. The summed E-state index contributed by atoms with van der Waals surface area (Å²) in [5.74, 6) is -1.20. The predicted molar refractivity (Wildman–Crippen MR) is 57.5 cm³/mol. The Morgan fingerprint density at radius 2 is 2.29 bits per heavy atom. The number of carboxylic acids is 1. The predicted octanol–water partition coefficient (Wildman–Crippen LogP) is 1.79. The minimum atomic E-state index is -1.20. The number of aromatic carboxylic acids is 1. The monoisotopic (exact) mass is 237 g/mol. The van der Waals surface area contributed by atoms with Crippen molar-refractivity contribution in [1.82, 2.24) is 4.57 Å².